The molecule has 19 heavy (non-hydrogen) atoms. The molecule has 5 nitrogen and oxygen atoms in total. The van der Waals surface area contributed by atoms with Gasteiger partial charge in [-0.25, -0.2) is 9.48 Å². The predicted octanol–water partition coefficient (Wildman–Crippen LogP) is 1.42. The molecule has 2 rings (SSSR count). The van der Waals surface area contributed by atoms with Gasteiger partial charge in [0.05, 0.1) is 0 Å². The monoisotopic (exact) mass is 259 g/mol. The van der Waals surface area contributed by atoms with Crippen LogP contribution in [0, 0.1) is 0 Å². The van der Waals surface area contributed by atoms with Gasteiger partial charge in [-0.3, -0.25) is 9.36 Å². The molecule has 100 valence electrons. The lowest BCUT2D eigenvalue weighted by Gasteiger charge is -2.02. The zero-order valence-corrected chi connectivity index (χ0v) is 11.2. The summed E-state index contributed by atoms with van der Waals surface area (Å²) < 4.78 is 2.51. The molecule has 0 radical (unpaired) electrons. The lowest BCUT2D eigenvalue weighted by Crippen LogP contribution is -2.26. The van der Waals surface area contributed by atoms with E-state index in [-0.39, 0.29) is 18.0 Å². The van der Waals surface area contributed by atoms with Crippen LogP contribution >= 0.6 is 0 Å². The van der Waals surface area contributed by atoms with E-state index < -0.39 is 0 Å². The summed E-state index contributed by atoms with van der Waals surface area (Å²) in [6.45, 7) is 2.10. The highest BCUT2D eigenvalue weighted by Crippen LogP contribution is 2.07. The number of carbonyl (C=O) groups excluding carboxylic acids is 1. The van der Waals surface area contributed by atoms with E-state index >= 15 is 0 Å². The quantitative estimate of drug-likeness (QED) is 0.763. The van der Waals surface area contributed by atoms with Gasteiger partial charge in [0, 0.05) is 12.6 Å². The molecular formula is C14H17N3O2. The van der Waals surface area contributed by atoms with E-state index in [1.807, 2.05) is 12.1 Å². The minimum atomic E-state index is -0.282. The summed E-state index contributed by atoms with van der Waals surface area (Å²) in [5.41, 5.74) is 1.54. The molecule has 0 N–H and O–H groups in total. The zero-order valence-electron chi connectivity index (χ0n) is 11.2. The van der Waals surface area contributed by atoms with Crippen LogP contribution in [0.5, 0.6) is 0 Å². The number of hydrogen-bond acceptors (Lipinski definition) is 3. The predicted molar refractivity (Wildman–Crippen MR) is 72.2 cm³/mol. The number of aryl methyl sites for hydroxylation is 2. The molecule has 1 aromatic carbocycles. The van der Waals surface area contributed by atoms with Gasteiger partial charge in [0.15, 0.2) is 5.78 Å². The van der Waals surface area contributed by atoms with E-state index in [4.69, 9.17) is 0 Å². The molecule has 1 aromatic heterocycles. The van der Waals surface area contributed by atoms with Crippen molar-refractivity contribution in [1.82, 2.24) is 14.3 Å². The maximum atomic E-state index is 12.0. The van der Waals surface area contributed by atoms with Gasteiger partial charge in [-0.2, -0.15) is 5.10 Å². The third-order valence-electron chi connectivity index (χ3n) is 2.99. The van der Waals surface area contributed by atoms with Gasteiger partial charge in [0.1, 0.15) is 12.9 Å². The van der Waals surface area contributed by atoms with Crippen LogP contribution in [0.15, 0.2) is 35.4 Å². The first-order valence-corrected chi connectivity index (χ1v) is 6.32. The van der Waals surface area contributed by atoms with Crippen LogP contribution in [0.2, 0.25) is 0 Å². The van der Waals surface area contributed by atoms with E-state index in [1.54, 1.807) is 19.2 Å². The average molecular weight is 259 g/mol. The third kappa shape index (κ3) is 2.99. The first kappa shape index (κ1) is 13.3. The van der Waals surface area contributed by atoms with Crippen LogP contribution in [-0.4, -0.2) is 20.1 Å². The summed E-state index contributed by atoms with van der Waals surface area (Å²) in [4.78, 5) is 23.6. The molecule has 0 spiro atoms. The number of ketones is 1. The van der Waals surface area contributed by atoms with Crippen molar-refractivity contribution in [1.29, 1.82) is 0 Å². The molecular weight excluding hydrogens is 242 g/mol. The number of benzene rings is 1. The van der Waals surface area contributed by atoms with Crippen LogP contribution in [0.3, 0.4) is 0 Å². The van der Waals surface area contributed by atoms with Gasteiger partial charge in [0.25, 0.3) is 0 Å². The fraction of sp³-hybridized carbons (Fsp3) is 0.357. The fourth-order valence-electron chi connectivity index (χ4n) is 1.90. The van der Waals surface area contributed by atoms with E-state index in [9.17, 15) is 9.59 Å². The Bertz CT molecular complexity index is 623. The van der Waals surface area contributed by atoms with Gasteiger partial charge in [0.2, 0.25) is 0 Å². The highest BCUT2D eigenvalue weighted by Gasteiger charge is 2.10. The van der Waals surface area contributed by atoms with Crippen molar-refractivity contribution in [3.8, 4) is 0 Å². The SMILES string of the molecule is CCCc1ccc(C(=O)Cn2ncn(C)c2=O)cc1. The van der Waals surface area contributed by atoms with Crippen LogP contribution in [-0.2, 0) is 20.0 Å². The van der Waals surface area contributed by atoms with Crippen LogP contribution < -0.4 is 5.69 Å². The van der Waals surface area contributed by atoms with Crippen molar-refractivity contribution in [3.05, 3.63) is 52.2 Å². The van der Waals surface area contributed by atoms with Crippen molar-refractivity contribution in [2.45, 2.75) is 26.3 Å². The van der Waals surface area contributed by atoms with Crippen molar-refractivity contribution in [2.24, 2.45) is 7.05 Å². The Kier molecular flexibility index (Phi) is 3.94. The van der Waals surface area contributed by atoms with E-state index in [0.29, 0.717) is 5.56 Å². The van der Waals surface area contributed by atoms with Gasteiger partial charge in [-0.15, -0.1) is 0 Å². The molecule has 0 aliphatic carbocycles. The largest absolute Gasteiger partial charge is 0.345 e. The molecule has 0 bridgehead atoms. The maximum Gasteiger partial charge on any atom is 0.345 e. The van der Waals surface area contributed by atoms with Gasteiger partial charge in [-0.05, 0) is 12.0 Å². The normalized spacial score (nSPS) is 10.6. The summed E-state index contributed by atoms with van der Waals surface area (Å²) in [6.07, 6.45) is 3.49. The topological polar surface area (TPSA) is 56.9 Å². The molecule has 0 aliphatic rings. The molecule has 0 amide bonds. The van der Waals surface area contributed by atoms with E-state index in [2.05, 4.69) is 12.0 Å². The molecule has 0 aliphatic heterocycles. The molecule has 0 fully saturated rings. The Morgan fingerprint density at radius 2 is 1.95 bits per heavy atom. The number of rotatable bonds is 5. The van der Waals surface area contributed by atoms with Crippen molar-refractivity contribution < 1.29 is 4.79 Å². The van der Waals surface area contributed by atoms with Crippen molar-refractivity contribution >= 4 is 5.78 Å². The average Bonchev–Trinajstić information content (AvgIpc) is 2.72. The Hall–Kier alpha value is -2.17. The molecule has 0 unspecified atom stereocenters. The second-order valence-electron chi connectivity index (χ2n) is 4.55. The van der Waals surface area contributed by atoms with Gasteiger partial charge < -0.3 is 0 Å². The fourth-order valence-corrected chi connectivity index (χ4v) is 1.90. The first-order valence-electron chi connectivity index (χ1n) is 6.32. The molecule has 0 atom stereocenters. The lowest BCUT2D eigenvalue weighted by molar-refractivity contribution is 0.0966. The Labute approximate surface area is 111 Å². The molecule has 5 heteroatoms. The lowest BCUT2D eigenvalue weighted by atomic mass is 10.1. The number of nitrogens with zero attached hydrogens (tertiary/aromatic N) is 3. The minimum Gasteiger partial charge on any atom is -0.292 e. The first-order chi connectivity index (χ1) is 9.11. The minimum absolute atomic E-state index is 0.0210. The third-order valence-corrected chi connectivity index (χ3v) is 2.99. The van der Waals surface area contributed by atoms with Crippen molar-refractivity contribution in [3.63, 3.8) is 0 Å². The molecule has 2 aromatic rings. The van der Waals surface area contributed by atoms with E-state index in [1.165, 1.54) is 21.1 Å². The van der Waals surface area contributed by atoms with Gasteiger partial charge in [-0.1, -0.05) is 37.6 Å². The Morgan fingerprint density at radius 1 is 1.26 bits per heavy atom. The van der Waals surface area contributed by atoms with Crippen molar-refractivity contribution in [2.75, 3.05) is 0 Å². The van der Waals surface area contributed by atoms with E-state index in [0.717, 1.165) is 12.8 Å². The summed E-state index contributed by atoms with van der Waals surface area (Å²) in [6, 6.07) is 7.53. The molecule has 0 saturated carbocycles. The highest BCUT2D eigenvalue weighted by atomic mass is 16.2. The number of carbonyl (C=O) groups is 1. The van der Waals surface area contributed by atoms with Crippen LogP contribution in [0.25, 0.3) is 0 Å². The smallest absolute Gasteiger partial charge is 0.292 e. The Morgan fingerprint density at radius 3 is 2.47 bits per heavy atom. The number of Topliss-reactive ketones (excluding diaryl/α,β-unsaturated/α-hetero) is 1. The van der Waals surface area contributed by atoms with Crippen LogP contribution in [0.4, 0.5) is 0 Å². The summed E-state index contributed by atoms with van der Waals surface area (Å²) in [5.74, 6) is -0.108. The molecule has 0 saturated heterocycles. The molecule has 1 heterocycles. The second kappa shape index (κ2) is 5.65. The summed E-state index contributed by atoms with van der Waals surface area (Å²) >= 11 is 0. The summed E-state index contributed by atoms with van der Waals surface area (Å²) in [7, 11) is 1.61. The Balaban J connectivity index is 2.11. The van der Waals surface area contributed by atoms with Gasteiger partial charge >= 0.3 is 5.69 Å². The summed E-state index contributed by atoms with van der Waals surface area (Å²) in [5, 5.41) is 3.87. The zero-order chi connectivity index (χ0) is 13.8. The highest BCUT2D eigenvalue weighted by molar-refractivity contribution is 5.95. The number of hydrogen-bond donors (Lipinski definition) is 0. The standard InChI is InChI=1S/C14H17N3O2/c1-3-4-11-5-7-12(8-6-11)13(18)9-17-14(19)16(2)10-15-17/h5-8,10H,3-4,9H2,1-2H3. The number of aromatic nitrogens is 3. The maximum absolute atomic E-state index is 12.0. The van der Waals surface area contributed by atoms with Crippen LogP contribution in [0.1, 0.15) is 29.3 Å². The second-order valence-corrected chi connectivity index (χ2v) is 4.55.